The number of methoxy groups -OCH3 is 1. The summed E-state index contributed by atoms with van der Waals surface area (Å²) in [4.78, 5) is 11.8. The molecule has 3 nitrogen and oxygen atoms in total. The van der Waals surface area contributed by atoms with Crippen molar-refractivity contribution in [1.82, 2.24) is 0 Å². The Kier molecular flexibility index (Phi) is 8.06. The molecule has 1 fully saturated rings. The maximum absolute atomic E-state index is 11.8. The Balaban J connectivity index is 2.08. The fraction of sp³-hybridized carbons (Fsp3) is 0.933. The molecule has 1 rings (SSSR count). The standard InChI is InChI=1S/C15H28O3/c1-3-6-13-7-9-14(10-8-13)15(16)18-12-5-4-11-17-2/h13-14H,3-12H2,1-2H3. The second-order valence-corrected chi connectivity index (χ2v) is 5.37. The van der Waals surface area contributed by atoms with Crippen molar-refractivity contribution in [3.05, 3.63) is 0 Å². The van der Waals surface area contributed by atoms with E-state index in [0.29, 0.717) is 6.61 Å². The van der Waals surface area contributed by atoms with Gasteiger partial charge < -0.3 is 9.47 Å². The summed E-state index contributed by atoms with van der Waals surface area (Å²) in [7, 11) is 1.70. The molecule has 3 heteroatoms. The summed E-state index contributed by atoms with van der Waals surface area (Å²) < 4.78 is 10.3. The van der Waals surface area contributed by atoms with Gasteiger partial charge in [-0.15, -0.1) is 0 Å². The first kappa shape index (κ1) is 15.5. The molecule has 0 N–H and O–H groups in total. The van der Waals surface area contributed by atoms with Gasteiger partial charge in [-0.05, 0) is 44.4 Å². The Hall–Kier alpha value is -0.570. The van der Waals surface area contributed by atoms with Crippen molar-refractivity contribution in [2.45, 2.75) is 58.3 Å². The Labute approximate surface area is 111 Å². The largest absolute Gasteiger partial charge is 0.465 e. The molecule has 0 aliphatic heterocycles. The third kappa shape index (κ3) is 5.85. The minimum absolute atomic E-state index is 0.0300. The van der Waals surface area contributed by atoms with Crippen LogP contribution in [0, 0.1) is 11.8 Å². The van der Waals surface area contributed by atoms with E-state index in [1.807, 2.05) is 0 Å². The summed E-state index contributed by atoms with van der Waals surface area (Å²) in [5.74, 6) is 1.05. The second kappa shape index (κ2) is 9.37. The lowest BCUT2D eigenvalue weighted by Crippen LogP contribution is -2.24. The van der Waals surface area contributed by atoms with E-state index >= 15 is 0 Å². The number of ether oxygens (including phenoxy) is 2. The van der Waals surface area contributed by atoms with Gasteiger partial charge in [0, 0.05) is 13.7 Å². The highest BCUT2D eigenvalue weighted by Gasteiger charge is 2.26. The van der Waals surface area contributed by atoms with Crippen LogP contribution >= 0.6 is 0 Å². The highest BCUT2D eigenvalue weighted by Crippen LogP contribution is 2.32. The van der Waals surface area contributed by atoms with E-state index < -0.39 is 0 Å². The SMILES string of the molecule is CCCC1CCC(C(=O)OCCCCOC)CC1. The van der Waals surface area contributed by atoms with Gasteiger partial charge in [0.2, 0.25) is 0 Å². The zero-order valence-electron chi connectivity index (χ0n) is 12.0. The summed E-state index contributed by atoms with van der Waals surface area (Å²) in [5, 5.41) is 0. The van der Waals surface area contributed by atoms with Crippen LogP contribution in [0.15, 0.2) is 0 Å². The maximum Gasteiger partial charge on any atom is 0.308 e. The molecule has 0 heterocycles. The van der Waals surface area contributed by atoms with Crippen LogP contribution in [0.4, 0.5) is 0 Å². The van der Waals surface area contributed by atoms with Crippen molar-refractivity contribution < 1.29 is 14.3 Å². The van der Waals surface area contributed by atoms with Crippen molar-refractivity contribution in [2.75, 3.05) is 20.3 Å². The summed E-state index contributed by atoms with van der Waals surface area (Å²) in [6.07, 6.45) is 8.92. The van der Waals surface area contributed by atoms with Crippen molar-refractivity contribution >= 4 is 5.97 Å². The lowest BCUT2D eigenvalue weighted by Gasteiger charge is -2.26. The zero-order chi connectivity index (χ0) is 13.2. The molecule has 0 atom stereocenters. The van der Waals surface area contributed by atoms with Crippen molar-refractivity contribution in [3.63, 3.8) is 0 Å². The van der Waals surface area contributed by atoms with Crippen molar-refractivity contribution in [1.29, 1.82) is 0 Å². The highest BCUT2D eigenvalue weighted by molar-refractivity contribution is 5.72. The third-order valence-electron chi connectivity index (χ3n) is 3.86. The van der Waals surface area contributed by atoms with Gasteiger partial charge in [-0.2, -0.15) is 0 Å². The predicted octanol–water partition coefficient (Wildman–Crippen LogP) is 3.56. The molecule has 0 saturated heterocycles. The summed E-state index contributed by atoms with van der Waals surface area (Å²) in [6.45, 7) is 3.54. The number of carbonyl (C=O) groups excluding carboxylic acids is 1. The van der Waals surface area contributed by atoms with Crippen molar-refractivity contribution in [2.24, 2.45) is 11.8 Å². The van der Waals surface area contributed by atoms with Crippen LogP contribution < -0.4 is 0 Å². The molecule has 106 valence electrons. The fourth-order valence-corrected chi connectivity index (χ4v) is 2.73. The third-order valence-corrected chi connectivity index (χ3v) is 3.86. The zero-order valence-corrected chi connectivity index (χ0v) is 12.0. The van der Waals surface area contributed by atoms with Gasteiger partial charge in [0.1, 0.15) is 0 Å². The van der Waals surface area contributed by atoms with Crippen LogP contribution in [0.5, 0.6) is 0 Å². The highest BCUT2D eigenvalue weighted by atomic mass is 16.5. The van der Waals surface area contributed by atoms with E-state index in [1.54, 1.807) is 7.11 Å². The first-order chi connectivity index (χ1) is 8.77. The molecular formula is C15H28O3. The molecule has 0 aromatic heterocycles. The summed E-state index contributed by atoms with van der Waals surface area (Å²) in [5.41, 5.74) is 0. The molecule has 0 unspecified atom stereocenters. The summed E-state index contributed by atoms with van der Waals surface area (Å²) in [6, 6.07) is 0. The Morgan fingerprint density at radius 1 is 1.11 bits per heavy atom. The Bertz CT molecular complexity index is 220. The van der Waals surface area contributed by atoms with Gasteiger partial charge in [-0.25, -0.2) is 0 Å². The molecule has 0 bridgehead atoms. The number of unbranched alkanes of at least 4 members (excludes halogenated alkanes) is 1. The van der Waals surface area contributed by atoms with Gasteiger partial charge in [-0.1, -0.05) is 19.8 Å². The monoisotopic (exact) mass is 256 g/mol. The number of hydrogen-bond acceptors (Lipinski definition) is 3. The van der Waals surface area contributed by atoms with Gasteiger partial charge in [0.25, 0.3) is 0 Å². The Morgan fingerprint density at radius 2 is 1.78 bits per heavy atom. The molecule has 1 aliphatic rings. The Morgan fingerprint density at radius 3 is 2.39 bits per heavy atom. The van der Waals surface area contributed by atoms with Gasteiger partial charge >= 0.3 is 5.97 Å². The van der Waals surface area contributed by atoms with Gasteiger partial charge in [0.05, 0.1) is 12.5 Å². The fourth-order valence-electron chi connectivity index (χ4n) is 2.73. The number of rotatable bonds is 8. The van der Waals surface area contributed by atoms with Crippen molar-refractivity contribution in [3.8, 4) is 0 Å². The smallest absolute Gasteiger partial charge is 0.308 e. The van der Waals surface area contributed by atoms with Crippen LogP contribution in [0.1, 0.15) is 58.3 Å². The van der Waals surface area contributed by atoms with E-state index in [0.717, 1.165) is 38.2 Å². The minimum Gasteiger partial charge on any atom is -0.465 e. The van der Waals surface area contributed by atoms with Crippen LogP contribution in [-0.4, -0.2) is 26.3 Å². The summed E-state index contributed by atoms with van der Waals surface area (Å²) >= 11 is 0. The molecule has 18 heavy (non-hydrogen) atoms. The van der Waals surface area contributed by atoms with Crippen LogP contribution in [0.3, 0.4) is 0 Å². The molecule has 0 aromatic rings. The number of carbonyl (C=O) groups is 1. The lowest BCUT2D eigenvalue weighted by molar-refractivity contribution is -0.150. The normalized spacial score (nSPS) is 23.9. The van der Waals surface area contributed by atoms with Gasteiger partial charge in [-0.3, -0.25) is 4.79 Å². The average molecular weight is 256 g/mol. The van der Waals surface area contributed by atoms with E-state index in [9.17, 15) is 4.79 Å². The molecule has 0 amide bonds. The number of esters is 1. The lowest BCUT2D eigenvalue weighted by atomic mass is 9.80. The molecule has 0 radical (unpaired) electrons. The molecular weight excluding hydrogens is 228 g/mol. The molecule has 1 saturated carbocycles. The molecule has 0 spiro atoms. The number of hydrogen-bond donors (Lipinski definition) is 0. The first-order valence-corrected chi connectivity index (χ1v) is 7.43. The van der Waals surface area contributed by atoms with E-state index in [2.05, 4.69) is 6.92 Å². The topological polar surface area (TPSA) is 35.5 Å². The van der Waals surface area contributed by atoms with Crippen LogP contribution in [0.25, 0.3) is 0 Å². The van der Waals surface area contributed by atoms with E-state index in [4.69, 9.17) is 9.47 Å². The molecule has 1 aliphatic carbocycles. The van der Waals surface area contributed by atoms with E-state index in [1.165, 1.54) is 25.7 Å². The second-order valence-electron chi connectivity index (χ2n) is 5.37. The van der Waals surface area contributed by atoms with Crippen LogP contribution in [0.2, 0.25) is 0 Å². The maximum atomic E-state index is 11.8. The molecule has 0 aromatic carbocycles. The predicted molar refractivity (Wildman–Crippen MR) is 72.4 cm³/mol. The van der Waals surface area contributed by atoms with Gasteiger partial charge in [0.15, 0.2) is 0 Å². The van der Waals surface area contributed by atoms with E-state index in [-0.39, 0.29) is 11.9 Å². The average Bonchev–Trinajstić information content (AvgIpc) is 2.39. The van der Waals surface area contributed by atoms with Crippen LogP contribution in [-0.2, 0) is 14.3 Å². The minimum atomic E-state index is 0.0300. The first-order valence-electron chi connectivity index (χ1n) is 7.43. The quantitative estimate of drug-likeness (QED) is 0.492.